The van der Waals surface area contributed by atoms with Gasteiger partial charge in [-0.25, -0.2) is 13.1 Å². The van der Waals surface area contributed by atoms with Crippen LogP contribution in [-0.2, 0) is 29.8 Å². The smallest absolute Gasteiger partial charge is 0.264 e. The lowest BCUT2D eigenvalue weighted by Crippen LogP contribution is -2.61. The minimum Gasteiger partial charge on any atom is -0.399 e. The molecule has 0 aliphatic heterocycles. The molecule has 3 amide bonds. The molecule has 5 N–H and O–H groups in total. The Morgan fingerprint density at radius 3 is 2.02 bits per heavy atom. The predicted octanol–water partition coefficient (Wildman–Crippen LogP) is 3.60. The Morgan fingerprint density at radius 2 is 1.52 bits per heavy atom. The second-order valence-electron chi connectivity index (χ2n) is 13.2. The zero-order valence-corrected chi connectivity index (χ0v) is 28.4. The molecule has 0 heterocycles. The summed E-state index contributed by atoms with van der Waals surface area (Å²) < 4.78 is 27.6. The molecule has 0 saturated carbocycles. The molecule has 0 aliphatic carbocycles. The van der Waals surface area contributed by atoms with Crippen LogP contribution in [0.1, 0.15) is 61.0 Å². The number of carbonyl (C=O) groups is 3. The third-order valence-electron chi connectivity index (χ3n) is 7.84. The van der Waals surface area contributed by atoms with Gasteiger partial charge in [0.15, 0.2) is 0 Å². The van der Waals surface area contributed by atoms with E-state index in [1.165, 1.54) is 30.0 Å². The number of carbonyl (C=O) groups excluding carboxylic acids is 3. The molecule has 2 aromatic carbocycles. The van der Waals surface area contributed by atoms with Crippen molar-refractivity contribution in [1.82, 2.24) is 20.3 Å². The van der Waals surface area contributed by atoms with Gasteiger partial charge in [0.2, 0.25) is 11.8 Å². The fourth-order valence-corrected chi connectivity index (χ4v) is 6.18. The Balaban J connectivity index is 2.33. The van der Waals surface area contributed by atoms with E-state index in [9.17, 15) is 22.8 Å². The summed E-state index contributed by atoms with van der Waals surface area (Å²) in [6.45, 7) is 14.9. The second kappa shape index (κ2) is 14.4. The van der Waals surface area contributed by atoms with Crippen LogP contribution < -0.4 is 21.1 Å². The molecule has 10 nitrogen and oxygen atoms in total. The molecule has 0 bridgehead atoms. The summed E-state index contributed by atoms with van der Waals surface area (Å²) in [6, 6.07) is 13.2. The number of nitrogens with one attached hydrogen (secondary N) is 3. The standard InChI is InChI=1S/C33H49N5O5S/c1-21(2)26(19-22(3)29(39)37-44(42,43)25-18-14-17-24(34)20-25)38(10)31(41)28(32(4,5)6)36-30(40)27(35-9)33(7,8)23-15-12-11-13-16-23/h11-21,26-28,35H,34H2,1-10H3,(H,36,40)(H,37,39). The molecule has 0 saturated heterocycles. The lowest BCUT2D eigenvalue weighted by atomic mass is 9.76. The third-order valence-corrected chi connectivity index (χ3v) is 9.17. The van der Waals surface area contributed by atoms with E-state index in [2.05, 4.69) is 15.4 Å². The van der Waals surface area contributed by atoms with Crippen LogP contribution in [0.2, 0.25) is 0 Å². The SMILES string of the molecule is CNC(C(=O)NC(C(=O)N(C)C(C=C(C)C(=O)NS(=O)(=O)c1cccc(N)c1)C(C)C)C(C)(C)C)C(C)(C)c1ccccc1. The van der Waals surface area contributed by atoms with Crippen molar-refractivity contribution in [2.45, 2.75) is 83.8 Å². The maximum absolute atomic E-state index is 14.1. The van der Waals surface area contributed by atoms with Gasteiger partial charge in [0.1, 0.15) is 6.04 Å². The van der Waals surface area contributed by atoms with E-state index in [1.807, 2.05) is 78.8 Å². The molecule has 44 heavy (non-hydrogen) atoms. The first-order valence-corrected chi connectivity index (χ1v) is 16.1. The van der Waals surface area contributed by atoms with Gasteiger partial charge in [-0.05, 0) is 49.1 Å². The van der Waals surface area contributed by atoms with Crippen LogP contribution in [-0.4, -0.2) is 63.3 Å². The van der Waals surface area contributed by atoms with Gasteiger partial charge in [0, 0.05) is 23.7 Å². The summed E-state index contributed by atoms with van der Waals surface area (Å²) in [5.41, 5.74) is 5.81. The molecule has 0 fully saturated rings. The number of nitrogen functional groups attached to an aromatic ring is 1. The van der Waals surface area contributed by atoms with Gasteiger partial charge in [-0.2, -0.15) is 0 Å². The van der Waals surface area contributed by atoms with E-state index in [1.54, 1.807) is 26.2 Å². The molecule has 0 spiro atoms. The van der Waals surface area contributed by atoms with Gasteiger partial charge in [-0.15, -0.1) is 0 Å². The number of amides is 3. The maximum Gasteiger partial charge on any atom is 0.264 e. The van der Waals surface area contributed by atoms with E-state index < -0.39 is 44.9 Å². The van der Waals surface area contributed by atoms with E-state index >= 15 is 0 Å². The van der Waals surface area contributed by atoms with Gasteiger partial charge in [0.25, 0.3) is 15.9 Å². The van der Waals surface area contributed by atoms with Gasteiger partial charge < -0.3 is 21.3 Å². The van der Waals surface area contributed by atoms with Crippen molar-refractivity contribution in [3.05, 3.63) is 71.8 Å². The Hall–Kier alpha value is -3.70. The monoisotopic (exact) mass is 627 g/mol. The number of nitrogens with two attached hydrogens (primary N) is 1. The number of anilines is 1. The van der Waals surface area contributed by atoms with Crippen LogP contribution >= 0.6 is 0 Å². The van der Waals surface area contributed by atoms with Crippen molar-refractivity contribution in [3.63, 3.8) is 0 Å². The second-order valence-corrected chi connectivity index (χ2v) is 14.8. The van der Waals surface area contributed by atoms with Gasteiger partial charge in [-0.3, -0.25) is 14.4 Å². The van der Waals surface area contributed by atoms with Crippen molar-refractivity contribution in [2.24, 2.45) is 11.3 Å². The molecule has 3 unspecified atom stereocenters. The first kappa shape index (κ1) is 36.5. The summed E-state index contributed by atoms with van der Waals surface area (Å²) in [5, 5.41) is 6.14. The van der Waals surface area contributed by atoms with Crippen LogP contribution in [0.15, 0.2) is 71.1 Å². The highest BCUT2D eigenvalue weighted by Crippen LogP contribution is 2.29. The fraction of sp³-hybridized carbons (Fsp3) is 0.485. The Morgan fingerprint density at radius 1 is 0.932 bits per heavy atom. The number of likely N-dealkylation sites (N-methyl/N-ethyl adjacent to an activating group) is 2. The number of sulfonamides is 1. The fourth-order valence-electron chi connectivity index (χ4n) is 5.11. The summed E-state index contributed by atoms with van der Waals surface area (Å²) in [7, 11) is -0.828. The highest BCUT2D eigenvalue weighted by Gasteiger charge is 2.41. The molecular weight excluding hydrogens is 578 g/mol. The Bertz CT molecular complexity index is 1460. The normalized spacial score (nSPS) is 14.8. The van der Waals surface area contributed by atoms with Crippen LogP contribution in [0.5, 0.6) is 0 Å². The molecule has 0 aliphatic rings. The van der Waals surface area contributed by atoms with Crippen molar-refractivity contribution < 1.29 is 22.8 Å². The van der Waals surface area contributed by atoms with Gasteiger partial charge in [-0.1, -0.05) is 90.9 Å². The minimum absolute atomic E-state index is 0.118. The predicted molar refractivity (Wildman–Crippen MR) is 175 cm³/mol. The highest BCUT2D eigenvalue weighted by atomic mass is 32.2. The van der Waals surface area contributed by atoms with Crippen molar-refractivity contribution in [2.75, 3.05) is 19.8 Å². The molecular formula is C33H49N5O5S. The zero-order valence-electron chi connectivity index (χ0n) is 27.6. The molecule has 11 heteroatoms. The molecule has 3 atom stereocenters. The lowest BCUT2D eigenvalue weighted by molar-refractivity contribution is -0.140. The lowest BCUT2D eigenvalue weighted by Gasteiger charge is -2.40. The molecule has 242 valence electrons. The van der Waals surface area contributed by atoms with Gasteiger partial charge >= 0.3 is 0 Å². The zero-order chi connectivity index (χ0) is 33.6. The highest BCUT2D eigenvalue weighted by molar-refractivity contribution is 7.90. The van der Waals surface area contributed by atoms with E-state index in [0.29, 0.717) is 0 Å². The average molecular weight is 628 g/mol. The number of rotatable bonds is 12. The van der Waals surface area contributed by atoms with E-state index in [-0.39, 0.29) is 33.9 Å². The third kappa shape index (κ3) is 8.92. The molecule has 2 rings (SSSR count). The number of hydrogen-bond donors (Lipinski definition) is 4. The number of benzene rings is 2. The Labute approximate surface area is 262 Å². The summed E-state index contributed by atoms with van der Waals surface area (Å²) in [6.07, 6.45) is 1.57. The van der Waals surface area contributed by atoms with Crippen molar-refractivity contribution in [1.29, 1.82) is 0 Å². The van der Waals surface area contributed by atoms with Crippen LogP contribution in [0.25, 0.3) is 0 Å². The summed E-state index contributed by atoms with van der Waals surface area (Å²) >= 11 is 0. The molecule has 2 aromatic rings. The number of nitrogens with zero attached hydrogens (tertiary/aromatic N) is 1. The van der Waals surface area contributed by atoms with Crippen molar-refractivity contribution >= 4 is 33.4 Å². The topological polar surface area (TPSA) is 151 Å². The first-order valence-electron chi connectivity index (χ1n) is 14.6. The summed E-state index contributed by atoms with van der Waals surface area (Å²) in [5.74, 6) is -1.62. The van der Waals surface area contributed by atoms with Gasteiger partial charge in [0.05, 0.1) is 17.0 Å². The van der Waals surface area contributed by atoms with E-state index in [4.69, 9.17) is 5.73 Å². The molecule has 0 radical (unpaired) electrons. The van der Waals surface area contributed by atoms with Crippen molar-refractivity contribution in [3.8, 4) is 0 Å². The van der Waals surface area contributed by atoms with E-state index in [0.717, 1.165) is 5.56 Å². The quantitative estimate of drug-likeness (QED) is 0.207. The maximum atomic E-state index is 14.1. The summed E-state index contributed by atoms with van der Waals surface area (Å²) in [4.78, 5) is 42.1. The largest absolute Gasteiger partial charge is 0.399 e. The minimum atomic E-state index is -4.16. The van der Waals surface area contributed by atoms with Crippen LogP contribution in [0.4, 0.5) is 5.69 Å². The number of hydrogen-bond acceptors (Lipinski definition) is 7. The van der Waals surface area contributed by atoms with Crippen LogP contribution in [0.3, 0.4) is 0 Å². The first-order chi connectivity index (χ1) is 20.2. The Kier molecular flexibility index (Phi) is 11.9. The molecule has 0 aromatic heterocycles. The van der Waals surface area contributed by atoms with Crippen LogP contribution in [0, 0.1) is 11.3 Å². The average Bonchev–Trinajstić information content (AvgIpc) is 2.93.